The van der Waals surface area contributed by atoms with Crippen LogP contribution in [0.2, 0.25) is 0 Å². The fraction of sp³-hybridized carbons (Fsp3) is 0.278. The quantitative estimate of drug-likeness (QED) is 0.775. The molecule has 124 valence electrons. The third-order valence-corrected chi connectivity index (χ3v) is 5.06. The summed E-state index contributed by atoms with van der Waals surface area (Å²) < 4.78 is 1.52. The monoisotopic (exact) mass is 341 g/mol. The Morgan fingerprint density at radius 1 is 1.29 bits per heavy atom. The van der Waals surface area contributed by atoms with E-state index in [9.17, 15) is 9.59 Å². The molecule has 0 atom stereocenters. The van der Waals surface area contributed by atoms with Crippen molar-refractivity contribution < 1.29 is 4.79 Å². The minimum absolute atomic E-state index is 0.0744. The van der Waals surface area contributed by atoms with Gasteiger partial charge < -0.3 is 5.32 Å². The molecule has 3 aromatic rings. The standard InChI is InChI=1S/C18H19N3O2S/c1-12-13(2)24-18(23)21(12)11-17(22)19-8-7-14-9-15-5-3-4-6-16(15)20-10-14/h3-6,9-10H,7-8,11H2,1-2H3,(H,19,22). The average molecular weight is 341 g/mol. The molecule has 1 amide bonds. The van der Waals surface area contributed by atoms with Gasteiger partial charge in [0, 0.05) is 28.7 Å². The predicted octanol–water partition coefficient (Wildman–Crippen LogP) is 2.43. The number of nitrogens with one attached hydrogen (secondary N) is 1. The topological polar surface area (TPSA) is 64.0 Å². The Bertz CT molecular complexity index is 943. The van der Waals surface area contributed by atoms with Crippen molar-refractivity contribution in [2.24, 2.45) is 0 Å². The van der Waals surface area contributed by atoms with Crippen LogP contribution in [0.25, 0.3) is 10.9 Å². The molecule has 24 heavy (non-hydrogen) atoms. The number of thiazole rings is 1. The number of aromatic nitrogens is 2. The molecule has 0 fully saturated rings. The van der Waals surface area contributed by atoms with Gasteiger partial charge in [0.25, 0.3) is 0 Å². The third-order valence-electron chi connectivity index (χ3n) is 4.06. The summed E-state index contributed by atoms with van der Waals surface area (Å²) in [6.07, 6.45) is 2.55. The maximum atomic E-state index is 12.0. The summed E-state index contributed by atoms with van der Waals surface area (Å²) in [6.45, 7) is 4.35. The van der Waals surface area contributed by atoms with E-state index in [2.05, 4.69) is 16.4 Å². The number of aryl methyl sites for hydroxylation is 1. The maximum Gasteiger partial charge on any atom is 0.308 e. The van der Waals surface area contributed by atoms with E-state index in [0.29, 0.717) is 13.0 Å². The highest BCUT2D eigenvalue weighted by Gasteiger charge is 2.11. The first-order chi connectivity index (χ1) is 11.5. The number of carbonyl (C=O) groups excluding carboxylic acids is 1. The lowest BCUT2D eigenvalue weighted by molar-refractivity contribution is -0.121. The van der Waals surface area contributed by atoms with Crippen LogP contribution in [0.5, 0.6) is 0 Å². The molecule has 2 heterocycles. The van der Waals surface area contributed by atoms with E-state index in [1.807, 2.05) is 44.3 Å². The highest BCUT2D eigenvalue weighted by molar-refractivity contribution is 7.09. The van der Waals surface area contributed by atoms with Crippen LogP contribution >= 0.6 is 11.3 Å². The third kappa shape index (κ3) is 3.54. The highest BCUT2D eigenvalue weighted by Crippen LogP contribution is 2.13. The van der Waals surface area contributed by atoms with Gasteiger partial charge in [0.2, 0.25) is 5.91 Å². The Morgan fingerprint density at radius 2 is 2.08 bits per heavy atom. The van der Waals surface area contributed by atoms with Crippen molar-refractivity contribution in [2.45, 2.75) is 26.8 Å². The second-order valence-corrected chi connectivity index (χ2v) is 6.90. The van der Waals surface area contributed by atoms with Crippen LogP contribution in [0.15, 0.2) is 41.3 Å². The van der Waals surface area contributed by atoms with Crippen molar-refractivity contribution in [3.8, 4) is 0 Å². The van der Waals surface area contributed by atoms with Crippen molar-refractivity contribution in [1.29, 1.82) is 0 Å². The van der Waals surface area contributed by atoms with E-state index in [-0.39, 0.29) is 17.3 Å². The van der Waals surface area contributed by atoms with E-state index >= 15 is 0 Å². The fourth-order valence-corrected chi connectivity index (χ4v) is 3.40. The zero-order chi connectivity index (χ0) is 17.1. The Labute approximate surface area is 144 Å². The molecule has 0 unspecified atom stereocenters. The molecule has 1 N–H and O–H groups in total. The van der Waals surface area contributed by atoms with Gasteiger partial charge in [-0.2, -0.15) is 0 Å². The molecule has 6 heteroatoms. The lowest BCUT2D eigenvalue weighted by atomic mass is 10.1. The number of para-hydroxylation sites is 1. The molecule has 0 saturated heterocycles. The van der Waals surface area contributed by atoms with E-state index in [1.54, 1.807) is 0 Å². The smallest absolute Gasteiger partial charge is 0.308 e. The van der Waals surface area contributed by atoms with Gasteiger partial charge in [-0.25, -0.2) is 0 Å². The number of rotatable bonds is 5. The van der Waals surface area contributed by atoms with E-state index in [0.717, 1.165) is 27.0 Å². The minimum Gasteiger partial charge on any atom is -0.354 e. The molecule has 3 rings (SSSR count). The summed E-state index contributed by atoms with van der Waals surface area (Å²) in [4.78, 5) is 29.1. The summed E-state index contributed by atoms with van der Waals surface area (Å²) in [7, 11) is 0. The molecule has 0 aliphatic rings. The number of pyridine rings is 1. The zero-order valence-corrected chi connectivity index (χ0v) is 14.5. The zero-order valence-electron chi connectivity index (χ0n) is 13.7. The molecule has 0 aliphatic heterocycles. The van der Waals surface area contributed by atoms with Gasteiger partial charge in [0.15, 0.2) is 0 Å². The van der Waals surface area contributed by atoms with Gasteiger partial charge in [-0.3, -0.25) is 19.1 Å². The first-order valence-corrected chi connectivity index (χ1v) is 8.63. The lowest BCUT2D eigenvalue weighted by Gasteiger charge is -2.08. The minimum atomic E-state index is -0.147. The van der Waals surface area contributed by atoms with Crippen molar-refractivity contribution in [2.75, 3.05) is 6.54 Å². The average Bonchev–Trinajstić information content (AvgIpc) is 2.81. The lowest BCUT2D eigenvalue weighted by Crippen LogP contribution is -2.32. The van der Waals surface area contributed by atoms with Crippen LogP contribution in [-0.4, -0.2) is 22.0 Å². The Balaban J connectivity index is 1.57. The number of hydrogen-bond donors (Lipinski definition) is 1. The highest BCUT2D eigenvalue weighted by atomic mass is 32.1. The van der Waals surface area contributed by atoms with E-state index in [1.165, 1.54) is 15.9 Å². The molecule has 5 nitrogen and oxygen atoms in total. The maximum absolute atomic E-state index is 12.0. The van der Waals surface area contributed by atoms with Crippen molar-refractivity contribution in [1.82, 2.24) is 14.9 Å². The predicted molar refractivity (Wildman–Crippen MR) is 96.5 cm³/mol. The van der Waals surface area contributed by atoms with Crippen LogP contribution in [-0.2, 0) is 17.8 Å². The Morgan fingerprint density at radius 3 is 2.83 bits per heavy atom. The largest absolute Gasteiger partial charge is 0.354 e. The number of hydrogen-bond acceptors (Lipinski definition) is 4. The number of benzene rings is 1. The van der Waals surface area contributed by atoms with Crippen LogP contribution in [0.4, 0.5) is 0 Å². The van der Waals surface area contributed by atoms with Gasteiger partial charge in [-0.1, -0.05) is 29.5 Å². The summed E-state index contributed by atoms with van der Waals surface area (Å²) in [5.74, 6) is -0.147. The van der Waals surface area contributed by atoms with Crippen molar-refractivity contribution in [3.63, 3.8) is 0 Å². The van der Waals surface area contributed by atoms with Crippen LogP contribution in [0, 0.1) is 13.8 Å². The van der Waals surface area contributed by atoms with Crippen molar-refractivity contribution >= 4 is 28.1 Å². The van der Waals surface area contributed by atoms with Crippen LogP contribution < -0.4 is 10.2 Å². The summed E-state index contributed by atoms with van der Waals surface area (Å²) >= 11 is 1.18. The fourth-order valence-electron chi connectivity index (χ4n) is 2.57. The number of nitrogens with zero attached hydrogens (tertiary/aromatic N) is 2. The molecule has 0 aliphatic carbocycles. The van der Waals surface area contributed by atoms with Gasteiger partial charge in [-0.15, -0.1) is 0 Å². The summed E-state index contributed by atoms with van der Waals surface area (Å²) in [6, 6.07) is 10.0. The Hall–Kier alpha value is -2.47. The number of amides is 1. The van der Waals surface area contributed by atoms with Gasteiger partial charge in [0.1, 0.15) is 6.54 Å². The molecule has 0 spiro atoms. The molecule has 0 bridgehead atoms. The van der Waals surface area contributed by atoms with Crippen molar-refractivity contribution in [3.05, 3.63) is 62.3 Å². The Kier molecular flexibility index (Phi) is 4.76. The normalized spacial score (nSPS) is 10.9. The first kappa shape index (κ1) is 16.4. The molecule has 0 saturated carbocycles. The molecule has 1 aromatic carbocycles. The molecular weight excluding hydrogens is 322 g/mol. The van der Waals surface area contributed by atoms with E-state index < -0.39 is 0 Å². The number of fused-ring (bicyclic) bond motifs is 1. The van der Waals surface area contributed by atoms with Gasteiger partial charge in [0.05, 0.1) is 5.52 Å². The molecule has 2 aromatic heterocycles. The van der Waals surface area contributed by atoms with E-state index in [4.69, 9.17) is 0 Å². The second-order valence-electron chi connectivity index (χ2n) is 5.73. The molecule has 0 radical (unpaired) electrons. The van der Waals surface area contributed by atoms with Gasteiger partial charge >= 0.3 is 4.87 Å². The van der Waals surface area contributed by atoms with Crippen LogP contribution in [0.1, 0.15) is 16.1 Å². The van der Waals surface area contributed by atoms with Crippen LogP contribution in [0.3, 0.4) is 0 Å². The summed E-state index contributed by atoms with van der Waals surface area (Å²) in [5, 5.41) is 3.96. The molecular formula is C18H19N3O2S. The number of carbonyl (C=O) groups is 1. The summed E-state index contributed by atoms with van der Waals surface area (Å²) in [5.41, 5.74) is 2.90. The first-order valence-electron chi connectivity index (χ1n) is 7.82. The SMILES string of the molecule is Cc1sc(=O)n(CC(=O)NCCc2cnc3ccccc3c2)c1C. The second kappa shape index (κ2) is 6.97. The van der Waals surface area contributed by atoms with Gasteiger partial charge in [-0.05, 0) is 38.0 Å².